The molecule has 130 valence electrons. The van der Waals surface area contributed by atoms with E-state index in [2.05, 4.69) is 0 Å². The van der Waals surface area contributed by atoms with Crippen molar-refractivity contribution in [2.24, 2.45) is 17.1 Å². The summed E-state index contributed by atoms with van der Waals surface area (Å²) in [6.07, 6.45) is 1.88. The number of rotatable bonds is 2. The third-order valence-corrected chi connectivity index (χ3v) is 6.07. The summed E-state index contributed by atoms with van der Waals surface area (Å²) in [6.45, 7) is 1.14. The fourth-order valence-corrected chi connectivity index (χ4v) is 4.79. The lowest BCUT2D eigenvalue weighted by Crippen LogP contribution is -2.47. The molecule has 8 nitrogen and oxygen atoms in total. The number of likely N-dealkylation sites (N-methyl/N-ethyl adjacent to an activating group) is 1. The smallest absolute Gasteiger partial charge is 0.324 e. The van der Waals surface area contributed by atoms with Gasteiger partial charge in [0.05, 0.1) is 28.3 Å². The van der Waals surface area contributed by atoms with Crippen LogP contribution < -0.4 is 5.73 Å². The number of fused-ring (bicyclic) bond motifs is 1. The minimum atomic E-state index is -1.75. The number of thiophene rings is 1. The SMILES string of the molecule is CN1CC=C2C(C#N)=C(N)C(C#N)(C#N)[C@@H](c3ccc([N+](=O)[O-])s3)[C@@H]2C1. The van der Waals surface area contributed by atoms with E-state index in [1.807, 2.05) is 36.2 Å². The molecule has 2 N–H and O–H groups in total. The molecule has 0 bridgehead atoms. The van der Waals surface area contributed by atoms with Crippen molar-refractivity contribution in [3.05, 3.63) is 50.0 Å². The lowest BCUT2D eigenvalue weighted by atomic mass is 9.59. The highest BCUT2D eigenvalue weighted by molar-refractivity contribution is 7.15. The average Bonchev–Trinajstić information content (AvgIpc) is 3.11. The summed E-state index contributed by atoms with van der Waals surface area (Å²) in [6, 6.07) is 9.02. The predicted molar refractivity (Wildman–Crippen MR) is 93.3 cm³/mol. The summed E-state index contributed by atoms with van der Waals surface area (Å²) in [4.78, 5) is 13.1. The molecule has 0 radical (unpaired) electrons. The summed E-state index contributed by atoms with van der Waals surface area (Å²) in [5, 5.41) is 40.3. The molecule has 3 rings (SSSR count). The Hall–Kier alpha value is -3.19. The fraction of sp³-hybridized carbons (Fsp3) is 0.353. The molecule has 26 heavy (non-hydrogen) atoms. The first kappa shape index (κ1) is 17.6. The lowest BCUT2D eigenvalue weighted by molar-refractivity contribution is -0.380. The topological polar surface area (TPSA) is 144 Å². The van der Waals surface area contributed by atoms with Crippen molar-refractivity contribution in [3.8, 4) is 18.2 Å². The van der Waals surface area contributed by atoms with Gasteiger partial charge in [-0.25, -0.2) is 0 Å². The van der Waals surface area contributed by atoms with Crippen molar-refractivity contribution < 1.29 is 4.92 Å². The zero-order chi connectivity index (χ0) is 19.1. The van der Waals surface area contributed by atoms with Crippen LogP contribution >= 0.6 is 11.3 Å². The normalized spacial score (nSPS) is 24.6. The lowest BCUT2D eigenvalue weighted by Gasteiger charge is -2.44. The van der Waals surface area contributed by atoms with Crippen LogP contribution in [0.4, 0.5) is 5.00 Å². The van der Waals surface area contributed by atoms with Gasteiger partial charge in [-0.3, -0.25) is 10.1 Å². The first-order chi connectivity index (χ1) is 12.4. The van der Waals surface area contributed by atoms with Gasteiger partial charge in [0.15, 0.2) is 5.41 Å². The Bertz CT molecular complexity index is 957. The van der Waals surface area contributed by atoms with E-state index in [4.69, 9.17) is 5.73 Å². The quantitative estimate of drug-likeness (QED) is 0.622. The summed E-state index contributed by atoms with van der Waals surface area (Å²) in [5.41, 5.74) is 5.22. The monoisotopic (exact) mass is 366 g/mol. The Balaban J connectivity index is 2.30. The van der Waals surface area contributed by atoms with Crippen molar-refractivity contribution >= 4 is 16.3 Å². The van der Waals surface area contributed by atoms with Crippen LogP contribution in [-0.2, 0) is 0 Å². The summed E-state index contributed by atoms with van der Waals surface area (Å²) < 4.78 is 0. The maximum atomic E-state index is 11.1. The molecule has 0 unspecified atom stereocenters. The number of hydrogen-bond acceptors (Lipinski definition) is 8. The Morgan fingerprint density at radius 2 is 2.08 bits per heavy atom. The second-order valence-corrected chi connectivity index (χ2v) is 7.42. The zero-order valence-corrected chi connectivity index (χ0v) is 14.7. The number of nitrogens with zero attached hydrogens (tertiary/aromatic N) is 5. The molecule has 0 aromatic carbocycles. The molecule has 2 heterocycles. The number of nitriles is 3. The van der Waals surface area contributed by atoms with Crippen LogP contribution in [0.15, 0.2) is 35.1 Å². The van der Waals surface area contributed by atoms with E-state index in [9.17, 15) is 25.9 Å². The first-order valence-corrected chi connectivity index (χ1v) is 8.57. The molecule has 0 fully saturated rings. The van der Waals surface area contributed by atoms with E-state index in [0.29, 0.717) is 23.5 Å². The second kappa shape index (κ2) is 6.27. The van der Waals surface area contributed by atoms with E-state index in [1.54, 1.807) is 6.07 Å². The first-order valence-electron chi connectivity index (χ1n) is 7.75. The van der Waals surface area contributed by atoms with E-state index < -0.39 is 16.3 Å². The van der Waals surface area contributed by atoms with Crippen molar-refractivity contribution in [3.63, 3.8) is 0 Å². The van der Waals surface area contributed by atoms with Gasteiger partial charge in [0.2, 0.25) is 0 Å². The van der Waals surface area contributed by atoms with Crippen molar-refractivity contribution in [1.29, 1.82) is 15.8 Å². The highest BCUT2D eigenvalue weighted by Crippen LogP contribution is 2.55. The Morgan fingerprint density at radius 1 is 1.38 bits per heavy atom. The van der Waals surface area contributed by atoms with Gasteiger partial charge < -0.3 is 10.6 Å². The van der Waals surface area contributed by atoms with Gasteiger partial charge in [0.25, 0.3) is 0 Å². The molecule has 9 heteroatoms. The van der Waals surface area contributed by atoms with Crippen LogP contribution in [0.1, 0.15) is 10.8 Å². The largest absolute Gasteiger partial charge is 0.399 e. The Labute approximate surface area is 153 Å². The highest BCUT2D eigenvalue weighted by atomic mass is 32.1. The second-order valence-electron chi connectivity index (χ2n) is 6.33. The Kier molecular flexibility index (Phi) is 4.25. The van der Waals surface area contributed by atoms with Crippen molar-refractivity contribution in [2.75, 3.05) is 20.1 Å². The number of hydrogen-bond donors (Lipinski definition) is 1. The van der Waals surface area contributed by atoms with E-state index in [-0.39, 0.29) is 22.2 Å². The summed E-state index contributed by atoms with van der Waals surface area (Å²) in [5.74, 6) is -1.00. The zero-order valence-electron chi connectivity index (χ0n) is 13.8. The van der Waals surface area contributed by atoms with Crippen LogP contribution in [0.3, 0.4) is 0 Å². The standard InChI is InChI=1S/C17H14N6O2S/c1-22-5-4-10-11(6-18)16(21)17(8-19,9-20)15(12(10)7-22)13-2-3-14(26-13)23(24)25/h2-4,12,15H,5,7,21H2,1H3/t12-,15-/m1/s1. The number of nitro groups is 1. The van der Waals surface area contributed by atoms with Gasteiger partial charge in [-0.1, -0.05) is 17.4 Å². The van der Waals surface area contributed by atoms with E-state index >= 15 is 0 Å². The predicted octanol–water partition coefficient (Wildman–Crippen LogP) is 2.01. The summed E-state index contributed by atoms with van der Waals surface area (Å²) in [7, 11) is 1.90. The van der Waals surface area contributed by atoms with E-state index in [1.165, 1.54) is 6.07 Å². The third kappa shape index (κ3) is 2.36. The highest BCUT2D eigenvalue weighted by Gasteiger charge is 2.55. The number of allylic oxidation sites excluding steroid dienone is 2. The molecule has 2 atom stereocenters. The van der Waals surface area contributed by atoms with Crippen LogP contribution in [-0.4, -0.2) is 30.0 Å². The van der Waals surface area contributed by atoms with Crippen molar-refractivity contribution in [2.45, 2.75) is 5.92 Å². The van der Waals surface area contributed by atoms with Gasteiger partial charge in [-0.15, -0.1) is 0 Å². The molecular formula is C17H14N6O2S. The number of nitrogens with two attached hydrogens (primary N) is 1. The molecular weight excluding hydrogens is 352 g/mol. The van der Waals surface area contributed by atoms with Gasteiger partial charge in [0.1, 0.15) is 6.07 Å². The third-order valence-electron chi connectivity index (χ3n) is 4.95. The molecule has 0 spiro atoms. The average molecular weight is 366 g/mol. The summed E-state index contributed by atoms with van der Waals surface area (Å²) >= 11 is 0.940. The molecule has 0 saturated carbocycles. The van der Waals surface area contributed by atoms with Crippen LogP contribution in [0.25, 0.3) is 0 Å². The Morgan fingerprint density at radius 3 is 2.62 bits per heavy atom. The molecule has 1 aliphatic carbocycles. The van der Waals surface area contributed by atoms with Crippen LogP contribution in [0, 0.1) is 55.4 Å². The van der Waals surface area contributed by atoms with Gasteiger partial charge in [0, 0.05) is 35.9 Å². The molecule has 1 aromatic rings. The maximum Gasteiger partial charge on any atom is 0.324 e. The van der Waals surface area contributed by atoms with Gasteiger partial charge in [-0.2, -0.15) is 15.8 Å². The molecule has 0 amide bonds. The molecule has 0 saturated heterocycles. The van der Waals surface area contributed by atoms with Crippen LogP contribution in [0.2, 0.25) is 0 Å². The van der Waals surface area contributed by atoms with E-state index in [0.717, 1.165) is 11.3 Å². The molecule has 1 aromatic heterocycles. The van der Waals surface area contributed by atoms with Crippen LogP contribution in [0.5, 0.6) is 0 Å². The van der Waals surface area contributed by atoms with Gasteiger partial charge >= 0.3 is 5.00 Å². The molecule has 1 aliphatic heterocycles. The maximum absolute atomic E-state index is 11.1. The minimum absolute atomic E-state index is 0.0619. The minimum Gasteiger partial charge on any atom is -0.399 e. The fourth-order valence-electron chi connectivity index (χ4n) is 3.74. The van der Waals surface area contributed by atoms with Crippen molar-refractivity contribution in [1.82, 2.24) is 4.90 Å². The molecule has 2 aliphatic rings. The van der Waals surface area contributed by atoms with Gasteiger partial charge in [-0.05, 0) is 18.7 Å².